The van der Waals surface area contributed by atoms with E-state index in [0.717, 1.165) is 19.4 Å². The number of methoxy groups -OCH3 is 2. The fourth-order valence-corrected chi connectivity index (χ4v) is 1.97. The SMILES string of the molecule is CCNC(C)CCCOc1c(OC)cccc1OC. The number of hydrogen-bond donors (Lipinski definition) is 1. The van der Waals surface area contributed by atoms with Gasteiger partial charge < -0.3 is 19.5 Å². The smallest absolute Gasteiger partial charge is 0.203 e. The summed E-state index contributed by atoms with van der Waals surface area (Å²) in [6, 6.07) is 6.16. The standard InChI is InChI=1S/C15H25NO3/c1-5-16-12(2)8-7-11-19-15-13(17-3)9-6-10-14(15)18-4/h6,9-10,12,16H,5,7-8,11H2,1-4H3. The zero-order chi connectivity index (χ0) is 14.1. The van der Waals surface area contributed by atoms with Crippen molar-refractivity contribution in [2.75, 3.05) is 27.4 Å². The van der Waals surface area contributed by atoms with Crippen molar-refractivity contribution < 1.29 is 14.2 Å². The number of para-hydroxylation sites is 1. The van der Waals surface area contributed by atoms with Gasteiger partial charge in [0.1, 0.15) is 0 Å². The van der Waals surface area contributed by atoms with Gasteiger partial charge in [0.25, 0.3) is 0 Å². The Kier molecular flexibility index (Phi) is 7.11. The lowest BCUT2D eigenvalue weighted by Crippen LogP contribution is -2.25. The molecule has 1 atom stereocenters. The van der Waals surface area contributed by atoms with Gasteiger partial charge in [-0.15, -0.1) is 0 Å². The zero-order valence-electron chi connectivity index (χ0n) is 12.4. The van der Waals surface area contributed by atoms with Crippen molar-refractivity contribution in [2.45, 2.75) is 32.7 Å². The minimum Gasteiger partial charge on any atom is -0.493 e. The van der Waals surface area contributed by atoms with Crippen LogP contribution < -0.4 is 19.5 Å². The lowest BCUT2D eigenvalue weighted by atomic mass is 10.2. The molecule has 0 bridgehead atoms. The van der Waals surface area contributed by atoms with Crippen LogP contribution in [-0.2, 0) is 0 Å². The molecule has 1 N–H and O–H groups in total. The average molecular weight is 267 g/mol. The van der Waals surface area contributed by atoms with Gasteiger partial charge in [0.05, 0.1) is 20.8 Å². The molecule has 0 aromatic heterocycles. The highest BCUT2D eigenvalue weighted by Crippen LogP contribution is 2.36. The van der Waals surface area contributed by atoms with Crippen molar-refractivity contribution in [2.24, 2.45) is 0 Å². The van der Waals surface area contributed by atoms with E-state index in [-0.39, 0.29) is 0 Å². The molecule has 0 fully saturated rings. The molecule has 19 heavy (non-hydrogen) atoms. The second-order valence-corrected chi connectivity index (χ2v) is 4.44. The van der Waals surface area contributed by atoms with Gasteiger partial charge in [0.15, 0.2) is 11.5 Å². The molecule has 1 unspecified atom stereocenters. The molecule has 1 rings (SSSR count). The highest BCUT2D eigenvalue weighted by molar-refractivity contribution is 5.51. The third-order valence-corrected chi connectivity index (χ3v) is 2.96. The van der Waals surface area contributed by atoms with Gasteiger partial charge in [-0.25, -0.2) is 0 Å². The van der Waals surface area contributed by atoms with Gasteiger partial charge in [0, 0.05) is 6.04 Å². The van der Waals surface area contributed by atoms with Crippen LogP contribution in [0, 0.1) is 0 Å². The molecule has 0 amide bonds. The predicted molar refractivity (Wildman–Crippen MR) is 77.4 cm³/mol. The largest absolute Gasteiger partial charge is 0.493 e. The van der Waals surface area contributed by atoms with Gasteiger partial charge in [-0.05, 0) is 38.4 Å². The number of rotatable bonds is 9. The Morgan fingerprint density at radius 2 is 1.79 bits per heavy atom. The molecule has 4 nitrogen and oxygen atoms in total. The average Bonchev–Trinajstić information content (AvgIpc) is 2.43. The Morgan fingerprint density at radius 3 is 2.32 bits per heavy atom. The third kappa shape index (κ3) is 4.99. The lowest BCUT2D eigenvalue weighted by molar-refractivity contribution is 0.264. The summed E-state index contributed by atoms with van der Waals surface area (Å²) in [4.78, 5) is 0. The first-order chi connectivity index (χ1) is 9.22. The van der Waals surface area contributed by atoms with Gasteiger partial charge in [-0.2, -0.15) is 0 Å². The third-order valence-electron chi connectivity index (χ3n) is 2.96. The lowest BCUT2D eigenvalue weighted by Gasteiger charge is -2.15. The molecule has 0 heterocycles. The molecule has 108 valence electrons. The fraction of sp³-hybridized carbons (Fsp3) is 0.600. The van der Waals surface area contributed by atoms with Gasteiger partial charge in [0.2, 0.25) is 5.75 Å². The van der Waals surface area contributed by atoms with E-state index in [1.54, 1.807) is 14.2 Å². The van der Waals surface area contributed by atoms with Crippen molar-refractivity contribution in [1.29, 1.82) is 0 Å². The Labute approximate surface area is 116 Å². The summed E-state index contributed by atoms with van der Waals surface area (Å²) >= 11 is 0. The van der Waals surface area contributed by atoms with Gasteiger partial charge in [-0.1, -0.05) is 13.0 Å². The first kappa shape index (κ1) is 15.6. The maximum Gasteiger partial charge on any atom is 0.203 e. The molecule has 0 saturated carbocycles. The molecule has 0 radical (unpaired) electrons. The number of benzene rings is 1. The van der Waals surface area contributed by atoms with Crippen LogP contribution in [0.1, 0.15) is 26.7 Å². The first-order valence-corrected chi connectivity index (χ1v) is 6.80. The van der Waals surface area contributed by atoms with E-state index in [4.69, 9.17) is 14.2 Å². The van der Waals surface area contributed by atoms with Crippen molar-refractivity contribution in [1.82, 2.24) is 5.32 Å². The number of nitrogens with one attached hydrogen (secondary N) is 1. The summed E-state index contributed by atoms with van der Waals surface area (Å²) in [5.41, 5.74) is 0. The maximum atomic E-state index is 5.80. The van der Waals surface area contributed by atoms with E-state index in [0.29, 0.717) is 29.9 Å². The second kappa shape index (κ2) is 8.64. The Bertz CT molecular complexity index is 346. The van der Waals surface area contributed by atoms with Crippen LogP contribution in [0.5, 0.6) is 17.2 Å². The highest BCUT2D eigenvalue weighted by Gasteiger charge is 2.11. The fourth-order valence-electron chi connectivity index (χ4n) is 1.97. The monoisotopic (exact) mass is 267 g/mol. The summed E-state index contributed by atoms with van der Waals surface area (Å²) in [5.74, 6) is 2.10. The maximum absolute atomic E-state index is 5.80. The Hall–Kier alpha value is -1.42. The van der Waals surface area contributed by atoms with E-state index in [1.165, 1.54) is 0 Å². The van der Waals surface area contributed by atoms with Crippen molar-refractivity contribution >= 4 is 0 Å². The molecule has 1 aromatic rings. The molecule has 0 aliphatic heterocycles. The van der Waals surface area contributed by atoms with Crippen LogP contribution in [0.2, 0.25) is 0 Å². The molecule has 0 saturated heterocycles. The van der Waals surface area contributed by atoms with E-state index < -0.39 is 0 Å². The van der Waals surface area contributed by atoms with E-state index >= 15 is 0 Å². The predicted octanol–water partition coefficient (Wildman–Crippen LogP) is 2.86. The quantitative estimate of drug-likeness (QED) is 0.698. The first-order valence-electron chi connectivity index (χ1n) is 6.80. The molecule has 0 aliphatic carbocycles. The Morgan fingerprint density at radius 1 is 1.16 bits per heavy atom. The van der Waals surface area contributed by atoms with Gasteiger partial charge >= 0.3 is 0 Å². The molecule has 4 heteroatoms. The summed E-state index contributed by atoms with van der Waals surface area (Å²) in [6.45, 7) is 5.97. The number of ether oxygens (including phenoxy) is 3. The molecule has 0 aliphatic rings. The van der Waals surface area contributed by atoms with Crippen LogP contribution in [0.4, 0.5) is 0 Å². The van der Waals surface area contributed by atoms with E-state index in [2.05, 4.69) is 19.2 Å². The van der Waals surface area contributed by atoms with E-state index in [9.17, 15) is 0 Å². The molecular formula is C15H25NO3. The Balaban J connectivity index is 2.48. The minimum absolute atomic E-state index is 0.521. The van der Waals surface area contributed by atoms with Gasteiger partial charge in [-0.3, -0.25) is 0 Å². The van der Waals surface area contributed by atoms with E-state index in [1.807, 2.05) is 18.2 Å². The van der Waals surface area contributed by atoms with Crippen LogP contribution in [-0.4, -0.2) is 33.4 Å². The summed E-state index contributed by atoms with van der Waals surface area (Å²) in [5, 5.41) is 3.38. The molecule has 1 aromatic carbocycles. The van der Waals surface area contributed by atoms with Crippen LogP contribution in [0.15, 0.2) is 18.2 Å². The molecule has 0 spiro atoms. The van der Waals surface area contributed by atoms with Crippen molar-refractivity contribution in [3.8, 4) is 17.2 Å². The van der Waals surface area contributed by atoms with Crippen LogP contribution in [0.3, 0.4) is 0 Å². The van der Waals surface area contributed by atoms with Crippen LogP contribution >= 0.6 is 0 Å². The van der Waals surface area contributed by atoms with Crippen molar-refractivity contribution in [3.05, 3.63) is 18.2 Å². The minimum atomic E-state index is 0.521. The zero-order valence-corrected chi connectivity index (χ0v) is 12.4. The normalized spacial score (nSPS) is 12.0. The van der Waals surface area contributed by atoms with Crippen molar-refractivity contribution in [3.63, 3.8) is 0 Å². The summed E-state index contributed by atoms with van der Waals surface area (Å²) in [7, 11) is 3.27. The number of hydrogen-bond acceptors (Lipinski definition) is 4. The second-order valence-electron chi connectivity index (χ2n) is 4.44. The summed E-state index contributed by atoms with van der Waals surface area (Å²) < 4.78 is 16.4. The highest BCUT2D eigenvalue weighted by atomic mass is 16.5. The topological polar surface area (TPSA) is 39.7 Å². The summed E-state index contributed by atoms with van der Waals surface area (Å²) in [6.07, 6.45) is 2.08. The molecular weight excluding hydrogens is 242 g/mol. The van der Waals surface area contributed by atoms with Crippen LogP contribution in [0.25, 0.3) is 0 Å².